The van der Waals surface area contributed by atoms with Gasteiger partial charge >= 0.3 is 0 Å². The number of carbonyl (C=O) groups is 2. The predicted molar refractivity (Wildman–Crippen MR) is 98.3 cm³/mol. The summed E-state index contributed by atoms with van der Waals surface area (Å²) in [5.41, 5.74) is 0.975. The Kier molecular flexibility index (Phi) is 5.48. The first-order valence-electron chi connectivity index (χ1n) is 9.04. The van der Waals surface area contributed by atoms with Crippen LogP contribution in [0.5, 0.6) is 5.75 Å². The van der Waals surface area contributed by atoms with Gasteiger partial charge in [0.25, 0.3) is 11.8 Å². The van der Waals surface area contributed by atoms with E-state index in [2.05, 4.69) is 0 Å². The highest BCUT2D eigenvalue weighted by atomic mass is 35.5. The van der Waals surface area contributed by atoms with E-state index in [-0.39, 0.29) is 29.0 Å². The molecular formula is C20H24ClNO3. The highest BCUT2D eigenvalue weighted by Crippen LogP contribution is 2.36. The normalized spacial score (nSPS) is 19.8. The Morgan fingerprint density at radius 1 is 1.00 bits per heavy atom. The molecule has 1 saturated carbocycles. The van der Waals surface area contributed by atoms with Gasteiger partial charge in [-0.3, -0.25) is 14.5 Å². The monoisotopic (exact) mass is 361 g/mol. The van der Waals surface area contributed by atoms with Crippen molar-refractivity contribution in [3.8, 4) is 5.75 Å². The Hall–Kier alpha value is -1.81. The molecule has 2 amide bonds. The van der Waals surface area contributed by atoms with Crippen LogP contribution in [0, 0.1) is 0 Å². The number of hydrogen-bond acceptors (Lipinski definition) is 3. The molecule has 1 aliphatic carbocycles. The summed E-state index contributed by atoms with van der Waals surface area (Å²) in [5, 5.41) is 0.0341. The van der Waals surface area contributed by atoms with Gasteiger partial charge in [-0.1, -0.05) is 49.4 Å². The van der Waals surface area contributed by atoms with Crippen LogP contribution in [-0.2, 0) is 9.59 Å². The third-order valence-electron chi connectivity index (χ3n) is 4.76. The van der Waals surface area contributed by atoms with Crippen molar-refractivity contribution < 1.29 is 14.3 Å². The number of nitrogens with zero attached hydrogens (tertiary/aromatic N) is 1. The highest BCUT2D eigenvalue weighted by Gasteiger charge is 2.41. The molecule has 1 fully saturated rings. The van der Waals surface area contributed by atoms with E-state index in [4.69, 9.17) is 16.3 Å². The molecule has 1 heterocycles. The zero-order valence-electron chi connectivity index (χ0n) is 14.8. The molecule has 0 unspecified atom stereocenters. The van der Waals surface area contributed by atoms with E-state index in [9.17, 15) is 9.59 Å². The van der Waals surface area contributed by atoms with Crippen LogP contribution in [0.25, 0.3) is 5.57 Å². The maximum atomic E-state index is 12.9. The van der Waals surface area contributed by atoms with Crippen LogP contribution in [0.3, 0.4) is 0 Å². The topological polar surface area (TPSA) is 46.6 Å². The summed E-state index contributed by atoms with van der Waals surface area (Å²) >= 11 is 6.27. The van der Waals surface area contributed by atoms with Crippen molar-refractivity contribution in [2.45, 2.75) is 64.5 Å². The minimum absolute atomic E-state index is 0.0303. The van der Waals surface area contributed by atoms with Crippen LogP contribution >= 0.6 is 11.6 Å². The van der Waals surface area contributed by atoms with Crippen LogP contribution in [0.4, 0.5) is 0 Å². The lowest BCUT2D eigenvalue weighted by Gasteiger charge is -2.25. The average molecular weight is 362 g/mol. The molecule has 1 aliphatic heterocycles. The Labute approximate surface area is 153 Å². The Morgan fingerprint density at radius 3 is 2.16 bits per heavy atom. The molecule has 0 spiro atoms. The van der Waals surface area contributed by atoms with Gasteiger partial charge in [0.05, 0.1) is 11.7 Å². The molecule has 0 atom stereocenters. The molecule has 0 aromatic heterocycles. The second kappa shape index (κ2) is 7.61. The fourth-order valence-corrected chi connectivity index (χ4v) is 3.87. The Morgan fingerprint density at radius 2 is 1.60 bits per heavy atom. The van der Waals surface area contributed by atoms with Crippen molar-refractivity contribution in [2.75, 3.05) is 0 Å². The highest BCUT2D eigenvalue weighted by molar-refractivity contribution is 6.55. The fourth-order valence-electron chi connectivity index (χ4n) is 3.59. The number of halogens is 1. The van der Waals surface area contributed by atoms with Gasteiger partial charge in [-0.15, -0.1) is 0 Å². The molecule has 25 heavy (non-hydrogen) atoms. The summed E-state index contributed by atoms with van der Waals surface area (Å²) in [5.74, 6) is 0.114. The molecule has 1 aromatic rings. The lowest BCUT2D eigenvalue weighted by Crippen LogP contribution is -2.40. The van der Waals surface area contributed by atoms with Crippen LogP contribution in [0.1, 0.15) is 57.9 Å². The summed E-state index contributed by atoms with van der Waals surface area (Å²) in [6.45, 7) is 3.91. The first-order valence-corrected chi connectivity index (χ1v) is 9.41. The van der Waals surface area contributed by atoms with E-state index < -0.39 is 0 Å². The summed E-state index contributed by atoms with van der Waals surface area (Å²) in [7, 11) is 0. The lowest BCUT2D eigenvalue weighted by molar-refractivity contribution is -0.139. The zero-order chi connectivity index (χ0) is 18.0. The maximum absolute atomic E-state index is 12.9. The fraction of sp³-hybridized carbons (Fsp3) is 0.500. The van der Waals surface area contributed by atoms with Gasteiger partial charge in [0.1, 0.15) is 10.8 Å². The smallest absolute Gasteiger partial charge is 0.273 e. The van der Waals surface area contributed by atoms with Gasteiger partial charge in [-0.2, -0.15) is 0 Å². The molecule has 4 nitrogen and oxygen atoms in total. The Balaban J connectivity index is 1.84. The van der Waals surface area contributed by atoms with Crippen LogP contribution in [-0.4, -0.2) is 28.9 Å². The largest absolute Gasteiger partial charge is 0.491 e. The zero-order valence-corrected chi connectivity index (χ0v) is 15.5. The minimum Gasteiger partial charge on any atom is -0.491 e. The van der Waals surface area contributed by atoms with E-state index in [0.717, 1.165) is 44.3 Å². The molecule has 1 aromatic carbocycles. The second-order valence-corrected chi connectivity index (χ2v) is 7.38. The molecule has 0 saturated heterocycles. The van der Waals surface area contributed by atoms with Gasteiger partial charge < -0.3 is 4.74 Å². The summed E-state index contributed by atoms with van der Waals surface area (Å²) < 4.78 is 5.63. The number of rotatable bonds is 4. The summed E-state index contributed by atoms with van der Waals surface area (Å²) in [6, 6.07) is 7.16. The molecule has 3 rings (SSSR count). The van der Waals surface area contributed by atoms with Gasteiger partial charge in [0.15, 0.2) is 0 Å². The third kappa shape index (κ3) is 3.74. The van der Waals surface area contributed by atoms with E-state index in [1.807, 2.05) is 13.8 Å². The van der Waals surface area contributed by atoms with Crippen LogP contribution < -0.4 is 4.74 Å². The quantitative estimate of drug-likeness (QED) is 0.585. The van der Waals surface area contributed by atoms with Crippen LogP contribution in [0.15, 0.2) is 29.3 Å². The molecule has 2 aliphatic rings. The number of ether oxygens (including phenoxy) is 1. The van der Waals surface area contributed by atoms with E-state index in [1.54, 1.807) is 24.3 Å². The van der Waals surface area contributed by atoms with Crippen molar-refractivity contribution in [3.05, 3.63) is 34.9 Å². The van der Waals surface area contributed by atoms with Crippen molar-refractivity contribution in [1.82, 2.24) is 4.90 Å². The number of benzene rings is 1. The van der Waals surface area contributed by atoms with Crippen molar-refractivity contribution >= 4 is 29.0 Å². The Bertz CT molecular complexity index is 685. The standard InChI is InChI=1S/C20H24ClNO3/c1-13(2)25-16-11-9-14(10-12-16)17-18(21)20(24)22(19(17)23)15-7-5-3-4-6-8-15/h9-13,15H,3-8H2,1-2H3. The number of imide groups is 1. The van der Waals surface area contributed by atoms with Gasteiger partial charge in [0, 0.05) is 6.04 Å². The molecule has 0 bridgehead atoms. The minimum atomic E-state index is -0.351. The average Bonchev–Trinajstić information content (AvgIpc) is 2.77. The summed E-state index contributed by atoms with van der Waals surface area (Å²) in [4.78, 5) is 26.9. The third-order valence-corrected chi connectivity index (χ3v) is 5.11. The van der Waals surface area contributed by atoms with Crippen molar-refractivity contribution in [1.29, 1.82) is 0 Å². The number of hydrogen-bond donors (Lipinski definition) is 0. The SMILES string of the molecule is CC(C)Oc1ccc(C2=C(Cl)C(=O)N(C3CCCCCC3)C2=O)cc1. The van der Waals surface area contributed by atoms with E-state index >= 15 is 0 Å². The van der Waals surface area contributed by atoms with Gasteiger partial charge in [0.2, 0.25) is 0 Å². The summed E-state index contributed by atoms with van der Waals surface area (Å²) in [6.07, 6.45) is 6.25. The second-order valence-electron chi connectivity index (χ2n) is 7.01. The molecule has 5 heteroatoms. The number of carbonyl (C=O) groups excluding carboxylic acids is 2. The van der Waals surface area contributed by atoms with Gasteiger partial charge in [-0.25, -0.2) is 0 Å². The van der Waals surface area contributed by atoms with Crippen molar-refractivity contribution in [3.63, 3.8) is 0 Å². The predicted octanol–water partition coefficient (Wildman–Crippen LogP) is 4.52. The van der Waals surface area contributed by atoms with E-state index in [0.29, 0.717) is 11.1 Å². The molecular weight excluding hydrogens is 338 g/mol. The molecule has 0 radical (unpaired) electrons. The lowest BCUT2D eigenvalue weighted by atomic mass is 10.0. The number of amides is 2. The van der Waals surface area contributed by atoms with Crippen molar-refractivity contribution in [2.24, 2.45) is 0 Å². The van der Waals surface area contributed by atoms with Crippen LogP contribution in [0.2, 0.25) is 0 Å². The first-order chi connectivity index (χ1) is 12.0. The van der Waals surface area contributed by atoms with Gasteiger partial charge in [-0.05, 0) is 44.4 Å². The van der Waals surface area contributed by atoms with E-state index in [1.165, 1.54) is 4.90 Å². The maximum Gasteiger partial charge on any atom is 0.273 e. The molecule has 134 valence electrons. The first kappa shape index (κ1) is 18.0. The molecule has 0 N–H and O–H groups in total.